The van der Waals surface area contributed by atoms with Crippen LogP contribution in [0.4, 0.5) is 0 Å². The zero-order chi connectivity index (χ0) is 7.28. The van der Waals surface area contributed by atoms with Gasteiger partial charge >= 0.3 is 0 Å². The molecule has 9 heavy (non-hydrogen) atoms. The van der Waals surface area contributed by atoms with E-state index in [0.29, 0.717) is 0 Å². The largest absolute Gasteiger partial charge is 0.372 e. The molecule has 0 fully saturated rings. The molecule has 0 spiro atoms. The van der Waals surface area contributed by atoms with E-state index in [-0.39, 0.29) is 0 Å². The maximum atomic E-state index is 5.02. The van der Waals surface area contributed by atoms with Gasteiger partial charge in [0.05, 0.1) is 4.99 Å². The van der Waals surface area contributed by atoms with Gasteiger partial charge in [-0.15, -0.1) is 6.58 Å². The molecule has 0 aliphatic rings. The van der Waals surface area contributed by atoms with Crippen molar-refractivity contribution in [2.45, 2.75) is 12.8 Å². The molecule has 0 unspecified atom stereocenters. The molecule has 0 rings (SSSR count). The Morgan fingerprint density at radius 1 is 1.67 bits per heavy atom. The maximum Gasteiger partial charge on any atom is 0.0777 e. The summed E-state index contributed by atoms with van der Waals surface area (Å²) in [6.07, 6.45) is 3.82. The zero-order valence-electron chi connectivity index (χ0n) is 6.05. The van der Waals surface area contributed by atoms with Crippen LogP contribution in [-0.2, 0) is 0 Å². The quantitative estimate of drug-likeness (QED) is 0.438. The predicted molar refractivity (Wildman–Crippen MR) is 45.7 cm³/mol. The molecule has 0 saturated carbocycles. The highest BCUT2D eigenvalue weighted by Gasteiger charge is 1.94. The first-order valence-electron chi connectivity index (χ1n) is 2.99. The number of thiocarbonyl (C=S) groups is 1. The molecule has 0 saturated heterocycles. The molecule has 0 atom stereocenters. The van der Waals surface area contributed by atoms with E-state index in [1.807, 2.05) is 25.1 Å². The Bertz CT molecular complexity index is 107. The second-order valence-electron chi connectivity index (χ2n) is 2.12. The third-order valence-electron chi connectivity index (χ3n) is 1.06. The first kappa shape index (κ1) is 8.63. The molecular formula is C7H13NS. The Morgan fingerprint density at radius 2 is 2.22 bits per heavy atom. The number of hydrogen-bond donors (Lipinski definition) is 0. The van der Waals surface area contributed by atoms with Crippen molar-refractivity contribution in [3.63, 3.8) is 0 Å². The first-order valence-corrected chi connectivity index (χ1v) is 3.40. The van der Waals surface area contributed by atoms with E-state index in [4.69, 9.17) is 12.2 Å². The lowest BCUT2D eigenvalue weighted by Crippen LogP contribution is -2.18. The van der Waals surface area contributed by atoms with E-state index in [2.05, 4.69) is 6.58 Å². The summed E-state index contributed by atoms with van der Waals surface area (Å²) in [4.78, 5) is 2.95. The minimum Gasteiger partial charge on any atom is -0.372 e. The summed E-state index contributed by atoms with van der Waals surface area (Å²) >= 11 is 5.02. The molecule has 0 aliphatic heterocycles. The topological polar surface area (TPSA) is 3.24 Å². The summed E-state index contributed by atoms with van der Waals surface area (Å²) in [5.74, 6) is 0. The van der Waals surface area contributed by atoms with Crippen LogP contribution in [0.3, 0.4) is 0 Å². The molecule has 0 bridgehead atoms. The molecule has 52 valence electrons. The van der Waals surface area contributed by atoms with Crippen LogP contribution in [0.2, 0.25) is 0 Å². The van der Waals surface area contributed by atoms with Crippen molar-refractivity contribution < 1.29 is 0 Å². The van der Waals surface area contributed by atoms with Crippen LogP contribution < -0.4 is 0 Å². The number of rotatable bonds is 3. The lowest BCUT2D eigenvalue weighted by Gasteiger charge is -2.11. The van der Waals surface area contributed by atoms with Crippen molar-refractivity contribution in [1.29, 1.82) is 0 Å². The van der Waals surface area contributed by atoms with Crippen LogP contribution in [0.15, 0.2) is 12.7 Å². The molecule has 0 aromatic rings. The molecule has 0 N–H and O–H groups in total. The number of allylic oxidation sites excluding steroid dienone is 1. The van der Waals surface area contributed by atoms with Gasteiger partial charge < -0.3 is 4.90 Å². The fourth-order valence-corrected chi connectivity index (χ4v) is 0.567. The lowest BCUT2D eigenvalue weighted by atomic mass is 10.3. The van der Waals surface area contributed by atoms with Crippen LogP contribution in [0, 0.1) is 0 Å². The van der Waals surface area contributed by atoms with Crippen molar-refractivity contribution in [2.24, 2.45) is 0 Å². The molecule has 0 radical (unpaired) electrons. The third kappa shape index (κ3) is 4.15. The van der Waals surface area contributed by atoms with Crippen molar-refractivity contribution >= 4 is 17.2 Å². The standard InChI is InChI=1S/C7H13NS/c1-4-5-6-7(9)8(2)3/h4H,1,5-6H2,2-3H3. The molecule has 1 nitrogen and oxygen atoms in total. The van der Waals surface area contributed by atoms with Gasteiger partial charge in [0.1, 0.15) is 0 Å². The number of nitrogens with zero attached hydrogens (tertiary/aromatic N) is 1. The van der Waals surface area contributed by atoms with Crippen LogP contribution in [0.1, 0.15) is 12.8 Å². The summed E-state index contributed by atoms with van der Waals surface area (Å²) in [5, 5.41) is 0. The Balaban J connectivity index is 3.38. The predicted octanol–water partition coefficient (Wildman–Crippen LogP) is 1.84. The first-order chi connectivity index (χ1) is 4.18. The molecule has 0 amide bonds. The molecular weight excluding hydrogens is 130 g/mol. The van der Waals surface area contributed by atoms with Gasteiger partial charge in [0, 0.05) is 20.5 Å². The van der Waals surface area contributed by atoms with Crippen molar-refractivity contribution in [2.75, 3.05) is 14.1 Å². The highest BCUT2D eigenvalue weighted by Crippen LogP contribution is 1.95. The summed E-state index contributed by atoms with van der Waals surface area (Å²) in [6, 6.07) is 0. The van der Waals surface area contributed by atoms with Gasteiger partial charge in [-0.1, -0.05) is 18.3 Å². The van der Waals surface area contributed by atoms with Gasteiger partial charge in [0.15, 0.2) is 0 Å². The van der Waals surface area contributed by atoms with E-state index in [1.165, 1.54) is 0 Å². The van der Waals surface area contributed by atoms with Crippen LogP contribution >= 0.6 is 12.2 Å². The summed E-state index contributed by atoms with van der Waals surface area (Å²) in [7, 11) is 3.93. The van der Waals surface area contributed by atoms with Crippen molar-refractivity contribution in [3.8, 4) is 0 Å². The van der Waals surface area contributed by atoms with Gasteiger partial charge in [0.2, 0.25) is 0 Å². The Labute approximate surface area is 62.4 Å². The number of hydrogen-bond acceptors (Lipinski definition) is 1. The van der Waals surface area contributed by atoms with E-state index in [1.54, 1.807) is 0 Å². The summed E-state index contributed by atoms with van der Waals surface area (Å²) < 4.78 is 0. The molecule has 0 aromatic heterocycles. The van der Waals surface area contributed by atoms with Gasteiger partial charge in [-0.2, -0.15) is 0 Å². The lowest BCUT2D eigenvalue weighted by molar-refractivity contribution is 0.618. The Morgan fingerprint density at radius 3 is 2.56 bits per heavy atom. The van der Waals surface area contributed by atoms with E-state index in [9.17, 15) is 0 Å². The fourth-order valence-electron chi connectivity index (χ4n) is 0.449. The van der Waals surface area contributed by atoms with Crippen molar-refractivity contribution in [1.82, 2.24) is 4.90 Å². The Kier molecular flexibility index (Phi) is 4.32. The van der Waals surface area contributed by atoms with Gasteiger partial charge in [-0.25, -0.2) is 0 Å². The minimum atomic E-state index is 0.950. The van der Waals surface area contributed by atoms with E-state index < -0.39 is 0 Å². The minimum absolute atomic E-state index is 0.950. The smallest absolute Gasteiger partial charge is 0.0777 e. The monoisotopic (exact) mass is 143 g/mol. The molecule has 0 heterocycles. The zero-order valence-corrected chi connectivity index (χ0v) is 6.87. The average Bonchev–Trinajstić information content (AvgIpc) is 1.82. The highest BCUT2D eigenvalue weighted by atomic mass is 32.1. The van der Waals surface area contributed by atoms with E-state index >= 15 is 0 Å². The summed E-state index contributed by atoms with van der Waals surface area (Å²) in [6.45, 7) is 3.61. The van der Waals surface area contributed by atoms with Crippen LogP contribution in [0.25, 0.3) is 0 Å². The average molecular weight is 143 g/mol. The second kappa shape index (κ2) is 4.50. The van der Waals surface area contributed by atoms with Gasteiger partial charge in [0.25, 0.3) is 0 Å². The second-order valence-corrected chi connectivity index (χ2v) is 2.59. The molecule has 0 aliphatic carbocycles. The van der Waals surface area contributed by atoms with E-state index in [0.717, 1.165) is 17.8 Å². The SMILES string of the molecule is C=CCCC(=S)N(C)C. The van der Waals surface area contributed by atoms with Gasteiger partial charge in [-0.3, -0.25) is 0 Å². The normalized spacial score (nSPS) is 8.67. The summed E-state index contributed by atoms with van der Waals surface area (Å²) in [5.41, 5.74) is 0. The van der Waals surface area contributed by atoms with Crippen LogP contribution in [0.5, 0.6) is 0 Å². The Hall–Kier alpha value is -0.370. The fraction of sp³-hybridized carbons (Fsp3) is 0.571. The highest BCUT2D eigenvalue weighted by molar-refractivity contribution is 7.80. The molecule has 0 aromatic carbocycles. The molecule has 2 heteroatoms. The third-order valence-corrected chi connectivity index (χ3v) is 1.63. The van der Waals surface area contributed by atoms with Crippen LogP contribution in [-0.4, -0.2) is 24.0 Å². The van der Waals surface area contributed by atoms with Crippen molar-refractivity contribution in [3.05, 3.63) is 12.7 Å². The van der Waals surface area contributed by atoms with Gasteiger partial charge in [-0.05, 0) is 6.42 Å². The maximum absolute atomic E-state index is 5.02.